The van der Waals surface area contributed by atoms with Crippen molar-refractivity contribution in [3.8, 4) is 0 Å². The van der Waals surface area contributed by atoms with Crippen LogP contribution >= 0.6 is 12.6 Å². The molecule has 1 amide bonds. The second-order valence-electron chi connectivity index (χ2n) is 10.5. The van der Waals surface area contributed by atoms with Gasteiger partial charge in [-0.25, -0.2) is 0 Å². The van der Waals surface area contributed by atoms with E-state index in [1.807, 2.05) is 48.5 Å². The second-order valence-corrected chi connectivity index (χ2v) is 11.6. The van der Waals surface area contributed by atoms with Crippen LogP contribution in [0.1, 0.15) is 85.9 Å². The van der Waals surface area contributed by atoms with Crippen molar-refractivity contribution >= 4 is 26.0 Å². The Balaban J connectivity index is 1.83. The zero-order valence-corrected chi connectivity index (χ0v) is 23.0. The van der Waals surface area contributed by atoms with Gasteiger partial charge in [0.15, 0.2) is 5.82 Å². The zero-order chi connectivity index (χ0) is 25.7. The van der Waals surface area contributed by atoms with E-state index in [0.29, 0.717) is 17.6 Å². The van der Waals surface area contributed by atoms with Crippen molar-refractivity contribution in [1.29, 1.82) is 0 Å². The minimum absolute atomic E-state index is 0.0375. The fourth-order valence-corrected chi connectivity index (χ4v) is 3.55. The average Bonchev–Trinajstić information content (AvgIpc) is 3.17. The highest BCUT2D eigenvalue weighted by Crippen LogP contribution is 2.31. The summed E-state index contributed by atoms with van der Waals surface area (Å²) in [5.41, 5.74) is 0.664. The third-order valence-corrected chi connectivity index (χ3v) is 7.25. The van der Waals surface area contributed by atoms with Gasteiger partial charge in [-0.2, -0.15) is 17.6 Å². The van der Waals surface area contributed by atoms with Crippen LogP contribution in [0.15, 0.2) is 28.2 Å². The first-order valence-corrected chi connectivity index (χ1v) is 12.5. The number of carbonyl (C=O) groups excluding carboxylic acids is 1. The van der Waals surface area contributed by atoms with E-state index in [2.05, 4.69) is 41.1 Å². The summed E-state index contributed by atoms with van der Waals surface area (Å²) < 4.78 is 17.0. The van der Waals surface area contributed by atoms with Crippen LogP contribution in [0.25, 0.3) is 0 Å². The molecule has 0 spiro atoms. The largest absolute Gasteiger partial charge is 0.429 e. The van der Waals surface area contributed by atoms with Gasteiger partial charge in [0.1, 0.15) is 0 Å². The first kappa shape index (κ1) is 28.7. The van der Waals surface area contributed by atoms with Crippen LogP contribution in [0.3, 0.4) is 0 Å². The van der Waals surface area contributed by atoms with Gasteiger partial charge in [-0.1, -0.05) is 43.6 Å². The van der Waals surface area contributed by atoms with E-state index in [4.69, 9.17) is 13.9 Å². The first-order chi connectivity index (χ1) is 15.7. The molecule has 1 aliphatic rings. The molecule has 0 bridgehead atoms. The third-order valence-electron chi connectivity index (χ3n) is 6.72. The van der Waals surface area contributed by atoms with Crippen LogP contribution in [0.4, 0.5) is 0 Å². The Morgan fingerprint density at radius 3 is 2.62 bits per heavy atom. The lowest BCUT2D eigenvalue weighted by molar-refractivity contribution is -0.123. The summed E-state index contributed by atoms with van der Waals surface area (Å²) in [5, 5.41) is 6.98. The molecule has 9 heteroatoms. The number of nitrogens with zero attached hydrogens (tertiary/aromatic N) is 2. The molecule has 1 fully saturated rings. The molecule has 1 radical (unpaired) electrons. The Hall–Kier alpha value is -1.58. The molecule has 1 aliphatic heterocycles. The number of thiol groups is 1. The van der Waals surface area contributed by atoms with Gasteiger partial charge in [0.25, 0.3) is 0 Å². The minimum atomic E-state index is -0.392. The molecule has 0 aromatic carbocycles. The second kappa shape index (κ2) is 11.9. The summed E-state index contributed by atoms with van der Waals surface area (Å²) in [6.07, 6.45) is 7.14. The topological polar surface area (TPSA) is 86.5 Å². The molecule has 34 heavy (non-hydrogen) atoms. The van der Waals surface area contributed by atoms with Crippen LogP contribution in [0.2, 0.25) is 0 Å². The molecule has 0 saturated carbocycles. The van der Waals surface area contributed by atoms with Crippen molar-refractivity contribution in [2.75, 3.05) is 0 Å². The van der Waals surface area contributed by atoms with Crippen molar-refractivity contribution in [3.05, 3.63) is 35.4 Å². The Morgan fingerprint density at radius 2 is 2.03 bits per heavy atom. The highest BCUT2D eigenvalue weighted by Gasteiger charge is 2.35. The van der Waals surface area contributed by atoms with Gasteiger partial charge in [-0.15, -0.1) is 0 Å². The van der Waals surface area contributed by atoms with Crippen molar-refractivity contribution in [3.63, 3.8) is 0 Å². The summed E-state index contributed by atoms with van der Waals surface area (Å²) >= 11 is 4.64. The molecule has 5 atom stereocenters. The normalized spacial score (nSPS) is 25.4. The summed E-state index contributed by atoms with van der Waals surface area (Å²) in [6.45, 7) is 18.0. The Morgan fingerprint density at radius 1 is 1.35 bits per heavy atom. The van der Waals surface area contributed by atoms with Gasteiger partial charge in [0.05, 0.1) is 23.9 Å². The van der Waals surface area contributed by atoms with Gasteiger partial charge >= 0.3 is 7.48 Å². The lowest BCUT2D eigenvalue weighted by atomic mass is 9.82. The van der Waals surface area contributed by atoms with Crippen LogP contribution in [0, 0.1) is 12.8 Å². The number of rotatable bonds is 10. The maximum atomic E-state index is 12.5. The fourth-order valence-electron chi connectivity index (χ4n) is 3.50. The first-order valence-electron chi connectivity index (χ1n) is 12.0. The maximum Gasteiger partial charge on any atom is 0.325 e. The summed E-state index contributed by atoms with van der Waals surface area (Å²) in [7, 11) is 1.81. The third kappa shape index (κ3) is 8.27. The fraction of sp³-hybridized carbons (Fsp3) is 0.720. The van der Waals surface area contributed by atoms with Crippen molar-refractivity contribution < 1.29 is 18.7 Å². The van der Waals surface area contributed by atoms with Crippen molar-refractivity contribution in [2.45, 2.75) is 110 Å². The van der Waals surface area contributed by atoms with E-state index in [1.165, 1.54) is 6.08 Å². The number of allylic oxidation sites excluding steroid dienone is 2. The molecule has 7 nitrogen and oxygen atoms in total. The molecule has 1 aromatic rings. The van der Waals surface area contributed by atoms with Crippen molar-refractivity contribution in [2.24, 2.45) is 5.92 Å². The number of nitrogens with one attached hydrogen (secondary N) is 1. The monoisotopic (exact) mass is 490 g/mol. The predicted octanol–water partition coefficient (Wildman–Crippen LogP) is 4.75. The number of carbonyl (C=O) groups is 1. The molecule has 189 valence electrons. The molecular formula is C25H41BN3O4S. The average molecular weight is 490 g/mol. The molecule has 0 aliphatic carbocycles. The van der Waals surface area contributed by atoms with E-state index in [9.17, 15) is 4.79 Å². The number of hydrogen-bond acceptors (Lipinski definition) is 7. The highest BCUT2D eigenvalue weighted by molar-refractivity contribution is 7.81. The molecule has 1 saturated heterocycles. The van der Waals surface area contributed by atoms with E-state index in [-0.39, 0.29) is 34.8 Å². The van der Waals surface area contributed by atoms with Crippen LogP contribution in [-0.2, 0) is 14.2 Å². The van der Waals surface area contributed by atoms with Gasteiger partial charge in [-0.3, -0.25) is 4.79 Å². The molecular weight excluding hydrogens is 449 g/mol. The lowest BCUT2D eigenvalue weighted by Gasteiger charge is -2.39. The molecule has 1 aromatic heterocycles. The van der Waals surface area contributed by atoms with Gasteiger partial charge in [-0.05, 0) is 59.5 Å². The highest BCUT2D eigenvalue weighted by atomic mass is 32.1. The molecule has 1 N–H and O–H groups in total. The Bertz CT molecular complexity index is 878. The molecule has 2 heterocycles. The SMILES string of the molecule is C/C([B]OC(C)(C)C(C)(C)S)=C\CC1OC(C)C(NC(=O)/C=C\C(C)c2noc(C)n2)CC1C. The number of aromatic nitrogens is 2. The number of aryl methyl sites for hydroxylation is 1. The van der Waals surface area contributed by atoms with Crippen molar-refractivity contribution in [1.82, 2.24) is 15.5 Å². The van der Waals surface area contributed by atoms with Gasteiger partial charge in [0.2, 0.25) is 11.8 Å². The van der Waals surface area contributed by atoms with E-state index in [0.717, 1.165) is 18.3 Å². The van der Waals surface area contributed by atoms with E-state index in [1.54, 1.807) is 20.5 Å². The van der Waals surface area contributed by atoms with Crippen LogP contribution in [0.5, 0.6) is 0 Å². The quantitative estimate of drug-likeness (QED) is 0.280. The number of ether oxygens (including phenoxy) is 1. The van der Waals surface area contributed by atoms with Gasteiger partial charge in [0, 0.05) is 17.6 Å². The number of amides is 1. The molecule has 2 rings (SSSR count). The lowest BCUT2D eigenvalue weighted by Crippen LogP contribution is -2.50. The van der Waals surface area contributed by atoms with E-state index < -0.39 is 5.60 Å². The molecule has 5 unspecified atom stereocenters. The van der Waals surface area contributed by atoms with Crippen LogP contribution in [-0.4, -0.2) is 52.1 Å². The zero-order valence-electron chi connectivity index (χ0n) is 22.1. The Labute approximate surface area is 211 Å². The van der Waals surface area contributed by atoms with Gasteiger partial charge < -0.3 is 19.2 Å². The smallest absolute Gasteiger partial charge is 0.325 e. The summed E-state index contributed by atoms with van der Waals surface area (Å²) in [5.74, 6) is 1.14. The maximum absolute atomic E-state index is 12.5. The standard InChI is InChI=1S/C25H41BN3O4S/c1-15(23-27-19(5)32-29-23)10-13-22(30)28-20-14-16(2)21(31-18(20)4)12-11-17(3)26-33-24(6,7)25(8,9)34/h10-11,13,15-16,18,20-21,34H,12,14H2,1-9H3,(H,28,30)/b13-10-,17-11+. The predicted molar refractivity (Wildman–Crippen MR) is 139 cm³/mol. The summed E-state index contributed by atoms with van der Waals surface area (Å²) in [6, 6.07) is -0.0375. The minimum Gasteiger partial charge on any atom is -0.429 e. The Kier molecular flexibility index (Phi) is 10.0. The number of hydrogen-bond donors (Lipinski definition) is 2. The van der Waals surface area contributed by atoms with E-state index >= 15 is 0 Å². The van der Waals surface area contributed by atoms with Crippen LogP contribution < -0.4 is 5.32 Å². The summed E-state index contributed by atoms with van der Waals surface area (Å²) in [4.78, 5) is 16.7.